The number of aromatic nitrogens is 4. The van der Waals surface area contributed by atoms with Crippen LogP contribution in [0.3, 0.4) is 0 Å². The van der Waals surface area contributed by atoms with Crippen molar-refractivity contribution in [2.45, 2.75) is 36.8 Å². The summed E-state index contributed by atoms with van der Waals surface area (Å²) in [7, 11) is -3.06. The molecule has 0 spiro atoms. The number of pyridine rings is 1. The van der Waals surface area contributed by atoms with E-state index in [-0.39, 0.29) is 36.4 Å². The number of alkyl halides is 3. The Bertz CT molecular complexity index is 2630. The van der Waals surface area contributed by atoms with Gasteiger partial charge in [-0.3, -0.25) is 9.99 Å². The Kier molecular flexibility index (Phi) is 19.3. The molecule has 0 aliphatic carbocycles. The number of halogens is 4. The van der Waals surface area contributed by atoms with Gasteiger partial charge in [0, 0.05) is 47.5 Å². The van der Waals surface area contributed by atoms with Gasteiger partial charge in [-0.25, -0.2) is 18.4 Å². The Morgan fingerprint density at radius 2 is 1.64 bits per heavy atom. The van der Waals surface area contributed by atoms with E-state index in [1.807, 2.05) is 29.4 Å². The summed E-state index contributed by atoms with van der Waals surface area (Å²) < 4.78 is 101. The van der Waals surface area contributed by atoms with Crippen molar-refractivity contribution in [3.63, 3.8) is 0 Å². The van der Waals surface area contributed by atoms with Gasteiger partial charge in [0.15, 0.2) is 5.16 Å². The molecule has 0 radical (unpaired) electrons. The molecule has 0 atom stereocenters. The average Bonchev–Trinajstić information content (AvgIpc) is 3.94. The highest BCUT2D eigenvalue weighted by atomic mass is 79.9. The van der Waals surface area contributed by atoms with Gasteiger partial charge < -0.3 is 49.0 Å². The van der Waals surface area contributed by atoms with Gasteiger partial charge in [-0.2, -0.15) is 13.2 Å². The van der Waals surface area contributed by atoms with Crippen LogP contribution in [0.15, 0.2) is 101 Å². The van der Waals surface area contributed by atoms with Gasteiger partial charge >= 0.3 is 6.18 Å². The van der Waals surface area contributed by atoms with E-state index < -0.39 is 22.6 Å². The van der Waals surface area contributed by atoms with E-state index in [9.17, 15) is 21.6 Å². The zero-order chi connectivity index (χ0) is 48.3. The first kappa shape index (κ1) is 51.4. The Morgan fingerprint density at radius 1 is 0.870 bits per heavy atom. The molecule has 2 aromatic carbocycles. The third-order valence-corrected chi connectivity index (χ3v) is 13.5. The summed E-state index contributed by atoms with van der Waals surface area (Å²) in [6.45, 7) is 3.12. The van der Waals surface area contributed by atoms with Crippen molar-refractivity contribution in [3.8, 4) is 29.1 Å². The molecule has 7 rings (SSSR count). The van der Waals surface area contributed by atoms with Crippen LogP contribution in [0.4, 0.5) is 24.5 Å². The molecule has 3 aromatic heterocycles. The molecule has 2 aliphatic heterocycles. The van der Waals surface area contributed by atoms with E-state index in [1.54, 1.807) is 61.2 Å². The predicted molar refractivity (Wildman–Crippen MR) is 260 cm³/mol. The lowest BCUT2D eigenvalue weighted by atomic mass is 10.1. The number of benzene rings is 2. The number of fused-ring (bicyclic) bond motifs is 1. The second kappa shape index (κ2) is 25.9. The summed E-state index contributed by atoms with van der Waals surface area (Å²) in [5.41, 5.74) is 8.88. The molecule has 5 heterocycles. The van der Waals surface area contributed by atoms with Gasteiger partial charge in [-0.05, 0) is 77.2 Å². The Balaban J connectivity index is 0.720. The van der Waals surface area contributed by atoms with E-state index in [0.717, 1.165) is 31.4 Å². The van der Waals surface area contributed by atoms with E-state index >= 15 is 0 Å². The van der Waals surface area contributed by atoms with Gasteiger partial charge in [0.2, 0.25) is 0 Å². The lowest BCUT2D eigenvalue weighted by molar-refractivity contribution is -0.140. The highest BCUT2D eigenvalue weighted by molar-refractivity contribution is 9.10. The van der Waals surface area contributed by atoms with E-state index in [1.165, 1.54) is 11.8 Å². The third kappa shape index (κ3) is 17.2. The molecule has 0 amide bonds. The number of hydrogen-bond acceptors (Lipinski definition) is 17. The Labute approximate surface area is 411 Å². The second-order valence-corrected chi connectivity index (χ2v) is 19.7. The zero-order valence-corrected chi connectivity index (χ0v) is 40.7. The van der Waals surface area contributed by atoms with Crippen LogP contribution in [0.1, 0.15) is 18.5 Å². The number of sulfone groups is 1. The van der Waals surface area contributed by atoms with E-state index in [4.69, 9.17) is 28.4 Å². The molecule has 4 N–H and O–H groups in total. The zero-order valence-electron chi connectivity index (χ0n) is 37.5. The van der Waals surface area contributed by atoms with Crippen molar-refractivity contribution < 1.29 is 50.0 Å². The van der Waals surface area contributed by atoms with Crippen molar-refractivity contribution in [1.82, 2.24) is 35.5 Å². The highest BCUT2D eigenvalue weighted by Crippen LogP contribution is 2.32. The smallest absolute Gasteiger partial charge is 0.406 e. The number of hydrogen-bond donors (Lipinski definition) is 4. The number of thioether (sulfide) groups is 1. The maximum Gasteiger partial charge on any atom is 0.406 e. The molecule has 69 heavy (non-hydrogen) atoms. The molecule has 1 saturated heterocycles. The van der Waals surface area contributed by atoms with E-state index in [0.29, 0.717) is 106 Å². The number of nitrogens with zero attached hydrogens (tertiary/aromatic N) is 5. The van der Waals surface area contributed by atoms with Crippen molar-refractivity contribution in [1.29, 1.82) is 0 Å². The average molecular weight is 1060 g/mol. The Morgan fingerprint density at radius 3 is 2.41 bits per heavy atom. The van der Waals surface area contributed by atoms with Crippen LogP contribution >= 0.6 is 27.7 Å². The summed E-state index contributed by atoms with van der Waals surface area (Å²) in [5.74, 6) is 8.62. The third-order valence-electron chi connectivity index (χ3n) is 10.3. The number of nitrogens with one attached hydrogen (secondary N) is 4. The fourth-order valence-electron chi connectivity index (χ4n) is 7.00. The minimum Gasteiger partial charge on any atom is -0.492 e. The molecular formula is C46H53BrF3N9O8S2. The summed E-state index contributed by atoms with van der Waals surface area (Å²) in [4.78, 5) is 12.6. The molecule has 1 fully saturated rings. The van der Waals surface area contributed by atoms with Gasteiger partial charge in [0.25, 0.3) is 0 Å². The topological polar surface area (TPSA) is 184 Å². The number of anilines is 2. The van der Waals surface area contributed by atoms with Crippen LogP contribution < -0.4 is 35.8 Å². The van der Waals surface area contributed by atoms with Gasteiger partial charge in [0.1, 0.15) is 46.8 Å². The molecule has 0 bridgehead atoms. The second-order valence-electron chi connectivity index (χ2n) is 15.5. The van der Waals surface area contributed by atoms with Crippen molar-refractivity contribution in [2.75, 3.05) is 100 Å². The minimum absolute atomic E-state index is 0.0757. The summed E-state index contributed by atoms with van der Waals surface area (Å²) in [5, 5.41) is 9.65. The fraction of sp³-hybridized carbons (Fsp3) is 0.413. The molecule has 5 aromatic rings. The number of rotatable bonds is 26. The first-order valence-corrected chi connectivity index (χ1v) is 25.7. The van der Waals surface area contributed by atoms with E-state index in [2.05, 4.69) is 64.3 Å². The fourth-order valence-corrected chi connectivity index (χ4v) is 9.58. The predicted octanol–water partition coefficient (Wildman–Crippen LogP) is 6.45. The van der Waals surface area contributed by atoms with Crippen LogP contribution in [-0.2, 0) is 30.6 Å². The monoisotopic (exact) mass is 1060 g/mol. The van der Waals surface area contributed by atoms with Gasteiger partial charge in [-0.1, -0.05) is 23.7 Å². The summed E-state index contributed by atoms with van der Waals surface area (Å²) in [6.07, 6.45) is 4.91. The normalized spacial score (nSPS) is 14.7. The van der Waals surface area contributed by atoms with Crippen molar-refractivity contribution >= 4 is 59.8 Å². The summed E-state index contributed by atoms with van der Waals surface area (Å²) in [6, 6.07) is 15.8. The van der Waals surface area contributed by atoms with Crippen LogP contribution in [0.2, 0.25) is 0 Å². The standard InChI is InChI=1S/C46H53BrF3N9O8S2/c47-41-28-38(7-8-44(41)66-22-23-68-45-53-12-3-13-54-45)67-32-36-31-58(57-56-36)14-15-62-16-17-63-18-19-64-20-21-65-39-26-35(29-51-30-39)52-11-2-4-37-27-40-42(55-34-9-24-69(60,61)25-10-34)5-1-6-43(40)59(37)33-46(48,49)50/h1,3,5-8,12-13,26-31,34,52,55-57H,9-11,14-25,32-33H2. The largest absolute Gasteiger partial charge is 0.492 e. The first-order valence-electron chi connectivity index (χ1n) is 22.1. The highest BCUT2D eigenvalue weighted by Gasteiger charge is 2.30. The van der Waals surface area contributed by atoms with Crippen LogP contribution in [0, 0.1) is 11.8 Å². The van der Waals surface area contributed by atoms with Crippen molar-refractivity contribution in [3.05, 3.63) is 101 Å². The molecule has 17 nitrogen and oxygen atoms in total. The van der Waals surface area contributed by atoms with Crippen LogP contribution in [0.5, 0.6) is 17.2 Å². The maximum absolute atomic E-state index is 13.7. The molecule has 23 heteroatoms. The lowest BCUT2D eigenvalue weighted by Gasteiger charge is -2.24. The van der Waals surface area contributed by atoms with Crippen LogP contribution in [0.25, 0.3) is 10.9 Å². The number of ether oxygens (including phenoxy) is 6. The molecule has 0 unspecified atom stereocenters. The quantitative estimate of drug-likeness (QED) is 0.0205. The summed E-state index contributed by atoms with van der Waals surface area (Å²) >= 11 is 5.09. The first-order chi connectivity index (χ1) is 33.5. The van der Waals surface area contributed by atoms with Crippen molar-refractivity contribution in [2.24, 2.45) is 0 Å². The molecule has 370 valence electrons. The maximum atomic E-state index is 13.7. The van der Waals surface area contributed by atoms with Crippen LogP contribution in [-0.4, -0.2) is 135 Å². The Hall–Kier alpha value is -5.48. The minimum atomic E-state index is -4.47. The van der Waals surface area contributed by atoms with Gasteiger partial charge in [0.05, 0.1) is 110 Å². The molecular weight excluding hydrogens is 1010 g/mol. The molecule has 0 saturated carbocycles. The van der Waals surface area contributed by atoms with Gasteiger partial charge in [-0.15, -0.1) is 5.53 Å². The lowest BCUT2D eigenvalue weighted by Crippen LogP contribution is -2.38. The molecule has 2 aliphatic rings. The number of hydrazine groups is 2. The SMILES string of the molecule is O=S1(=O)CCC(Nc2cccc3c2cc(C#CCNc2cncc(OCCOCCOCCOCCN4C=C(COc5ccc(OCCSc6ncccn6)c(Br)c5)NN4)c2)n3CC(F)(F)F)CC1.